The van der Waals surface area contributed by atoms with E-state index in [1.807, 2.05) is 76.5 Å². The van der Waals surface area contributed by atoms with E-state index in [0.29, 0.717) is 29.5 Å². The average Bonchev–Trinajstić information content (AvgIpc) is 1.53. The molecule has 137 heavy (non-hydrogen) atoms. The summed E-state index contributed by atoms with van der Waals surface area (Å²) in [6.07, 6.45) is 0. The maximum absolute atomic E-state index is 5.42. The van der Waals surface area contributed by atoms with E-state index in [2.05, 4.69) is 396 Å². The van der Waals surface area contributed by atoms with Crippen LogP contribution < -0.4 is 0 Å². The van der Waals surface area contributed by atoms with Gasteiger partial charge in [0.1, 0.15) is 0 Å². The lowest BCUT2D eigenvalue weighted by Crippen LogP contribution is -2.06. The molecule has 0 amide bonds. The zero-order chi connectivity index (χ0) is 89.6. The van der Waals surface area contributed by atoms with Gasteiger partial charge in [-0.15, -0.1) is 45.3 Å². The molecule has 0 aliphatic rings. The van der Waals surface area contributed by atoms with E-state index in [-0.39, 0.29) is 0 Å². The van der Waals surface area contributed by atoms with Gasteiger partial charge < -0.3 is 0 Å². The highest BCUT2D eigenvalue weighted by atomic mass is 32.1. The number of para-hydroxylation sites is 3. The van der Waals surface area contributed by atoms with Crippen molar-refractivity contribution in [3.8, 4) is 63.1 Å². The molecule has 0 unspecified atom stereocenters. The molecule has 31 aromatic rings. The molecule has 0 atom stereocenters. The van der Waals surface area contributed by atoms with Gasteiger partial charge in [0.2, 0.25) is 17.8 Å². The van der Waals surface area contributed by atoms with Crippen LogP contribution in [0.1, 0.15) is 0 Å². The van der Waals surface area contributed by atoms with E-state index in [1.165, 1.54) is 179 Å². The molecule has 10 heterocycles. The van der Waals surface area contributed by atoms with E-state index in [0.717, 1.165) is 76.8 Å². The topological polar surface area (TPSA) is 105 Å². The zero-order valence-corrected chi connectivity index (χ0v) is 76.3. The Labute approximate surface area is 797 Å². The first-order valence-electron chi connectivity index (χ1n) is 46.0. The molecule has 0 fully saturated rings. The standard InChI is InChI=1S/C45H26N4S.C40H23N3S.C38H21N3S2/c1-3-15-27(16-4-1)43-46-44(28-17-5-2-6-18-28)48-45(47-43)49-40-34-24-12-8-20-30(34)29-19-7-9-21-31(29)38(40)39-33-23-11-10-22-32(33)37-35-25-13-14-26-36(35)50-42(37)41(39)49;1-2-13-25(14-3-1)37-29-18-8-10-20-31(29)41-40(42-37)43-32-21-11-9-19-30(32)34-27-16-6-7-17-28(27)36-35-26-15-5-4-12-24(26)22-23-33(35)44-39(36)38(34)43;1-2-12-22(13-3-1)33-37-34(27-18-8-11-21-30(27)43-37)40-38(39-33)41-28-19-9-6-16-25(28)31-23-14-4-5-15-24(23)32-26-17-7-10-20-29(26)42-36(32)35(31)41/h1-26H;1-23H;1-21H. The van der Waals surface area contributed by atoms with Crippen molar-refractivity contribution in [3.05, 3.63) is 425 Å². The summed E-state index contributed by atoms with van der Waals surface area (Å²) in [7, 11) is 0. The molecule has 0 bridgehead atoms. The van der Waals surface area contributed by atoms with Crippen LogP contribution in [0.15, 0.2) is 425 Å². The van der Waals surface area contributed by atoms with Gasteiger partial charge >= 0.3 is 0 Å². The van der Waals surface area contributed by atoms with Gasteiger partial charge in [-0.25, -0.2) is 24.9 Å². The Bertz CT molecular complexity index is 10500. The van der Waals surface area contributed by atoms with Crippen molar-refractivity contribution in [1.29, 1.82) is 0 Å². The van der Waals surface area contributed by atoms with Crippen LogP contribution >= 0.6 is 45.3 Å². The lowest BCUT2D eigenvalue weighted by molar-refractivity contribution is 0.957. The Balaban J connectivity index is 0.0000000997. The normalized spacial score (nSPS) is 12.1. The third kappa shape index (κ3) is 11.7. The highest BCUT2D eigenvalue weighted by molar-refractivity contribution is 7.28. The first-order valence-corrected chi connectivity index (χ1v) is 49.3. The summed E-state index contributed by atoms with van der Waals surface area (Å²) in [5, 5.41) is 32.3. The molecule has 10 nitrogen and oxygen atoms in total. The van der Waals surface area contributed by atoms with E-state index in [4.69, 9.17) is 34.9 Å². The highest BCUT2D eigenvalue weighted by Crippen LogP contribution is 2.55. The molecule has 636 valence electrons. The molecule has 0 aliphatic heterocycles. The van der Waals surface area contributed by atoms with Crippen molar-refractivity contribution in [2.45, 2.75) is 0 Å². The monoisotopic (exact) mass is 1810 g/mol. The fourth-order valence-electron chi connectivity index (χ4n) is 21.9. The molecule has 0 spiro atoms. The van der Waals surface area contributed by atoms with Crippen LogP contribution in [0.25, 0.3) is 285 Å². The second-order valence-corrected chi connectivity index (χ2v) is 39.2. The van der Waals surface area contributed by atoms with Gasteiger partial charge in [0, 0.05) is 122 Å². The molecular weight excluding hydrogens is 1750 g/mol. The van der Waals surface area contributed by atoms with Gasteiger partial charge in [0.15, 0.2) is 11.6 Å². The number of fused-ring (bicyclic) bond motifs is 41. The van der Waals surface area contributed by atoms with Crippen molar-refractivity contribution in [2.75, 3.05) is 0 Å². The van der Waals surface area contributed by atoms with E-state index < -0.39 is 0 Å². The van der Waals surface area contributed by atoms with Gasteiger partial charge in [-0.05, 0) is 102 Å². The largest absolute Gasteiger partial charge is 0.276 e. The third-order valence-electron chi connectivity index (χ3n) is 27.6. The van der Waals surface area contributed by atoms with Crippen molar-refractivity contribution in [2.24, 2.45) is 0 Å². The molecule has 10 aromatic heterocycles. The van der Waals surface area contributed by atoms with E-state index in [1.54, 1.807) is 11.3 Å². The Kier molecular flexibility index (Phi) is 17.4. The summed E-state index contributed by atoms with van der Waals surface area (Å²) in [6, 6.07) is 151. The van der Waals surface area contributed by atoms with Crippen LogP contribution in [-0.2, 0) is 0 Å². The number of nitrogens with zero attached hydrogens (tertiary/aromatic N) is 10. The number of aromatic nitrogens is 10. The smallest absolute Gasteiger partial charge is 0.238 e. The number of benzene rings is 21. The summed E-state index contributed by atoms with van der Waals surface area (Å²) in [6.45, 7) is 0. The quantitative estimate of drug-likeness (QED) is 0.146. The predicted molar refractivity (Wildman–Crippen MR) is 583 cm³/mol. The second kappa shape index (κ2) is 30.7. The van der Waals surface area contributed by atoms with Crippen LogP contribution in [0.4, 0.5) is 0 Å². The Morgan fingerprint density at radius 3 is 1.06 bits per heavy atom. The van der Waals surface area contributed by atoms with Crippen molar-refractivity contribution in [3.63, 3.8) is 0 Å². The second-order valence-electron chi connectivity index (χ2n) is 35.0. The highest BCUT2D eigenvalue weighted by Gasteiger charge is 2.31. The van der Waals surface area contributed by atoms with E-state index >= 15 is 0 Å². The minimum Gasteiger partial charge on any atom is -0.276 e. The summed E-state index contributed by atoms with van der Waals surface area (Å²) < 4.78 is 16.9. The Morgan fingerprint density at radius 1 is 0.168 bits per heavy atom. The molecule has 31 rings (SSSR count). The third-order valence-corrected chi connectivity index (χ3v) is 32.3. The van der Waals surface area contributed by atoms with Gasteiger partial charge in [0.25, 0.3) is 0 Å². The van der Waals surface area contributed by atoms with Crippen molar-refractivity contribution >= 4 is 267 Å². The maximum atomic E-state index is 5.42. The minimum absolute atomic E-state index is 0.604. The molecule has 0 radical (unpaired) electrons. The van der Waals surface area contributed by atoms with Crippen LogP contribution in [-0.4, -0.2) is 48.6 Å². The lowest BCUT2D eigenvalue weighted by Gasteiger charge is -2.13. The SMILES string of the molecule is c1ccc(-c2nc(-c3ccccc3)nc(-n3c4c5ccccc5c5ccccc5c4c4c5ccccc5c5c6ccccc6sc5c43)n2)cc1.c1ccc(-c2nc(-n3c4ccccc4c4c5ccccc5c5c(sc6ccc7ccccc7c65)c43)nc3ccccc23)cc1.c1ccc(-c2nc(-n3c4ccccc4c4c5ccccc5c5c6ccccc6sc5c43)nc3c2sc2ccccc23)cc1. The van der Waals surface area contributed by atoms with Gasteiger partial charge in [-0.3, -0.25) is 13.7 Å². The zero-order valence-electron chi connectivity index (χ0n) is 73.0. The maximum Gasteiger partial charge on any atom is 0.238 e. The molecule has 0 saturated carbocycles. The van der Waals surface area contributed by atoms with Crippen molar-refractivity contribution < 1.29 is 0 Å². The molecule has 0 aliphatic carbocycles. The molecule has 21 aromatic carbocycles. The predicted octanol–water partition coefficient (Wildman–Crippen LogP) is 34.3. The molecule has 0 saturated heterocycles. The fourth-order valence-corrected chi connectivity index (χ4v) is 26.8. The van der Waals surface area contributed by atoms with Gasteiger partial charge in [0.05, 0.1) is 74.3 Å². The summed E-state index contributed by atoms with van der Waals surface area (Å²) in [5.74, 6) is 3.28. The van der Waals surface area contributed by atoms with E-state index in [9.17, 15) is 0 Å². The number of thiophene rings is 4. The lowest BCUT2D eigenvalue weighted by atomic mass is 9.94. The fraction of sp³-hybridized carbons (Fsp3) is 0. The number of rotatable bonds is 7. The molecular formula is C123H70N10S4. The minimum atomic E-state index is 0.604. The number of hydrogen-bond donors (Lipinski definition) is 0. The van der Waals surface area contributed by atoms with Gasteiger partial charge in [-0.1, -0.05) is 382 Å². The van der Waals surface area contributed by atoms with Crippen LogP contribution in [0.5, 0.6) is 0 Å². The molecule has 0 N–H and O–H groups in total. The average molecular weight is 1820 g/mol. The summed E-state index contributed by atoms with van der Waals surface area (Å²) in [4.78, 5) is 37.2. The first-order chi connectivity index (χ1) is 68.0. The summed E-state index contributed by atoms with van der Waals surface area (Å²) in [5.41, 5.74) is 14.7. The van der Waals surface area contributed by atoms with Crippen LogP contribution in [0.2, 0.25) is 0 Å². The first kappa shape index (κ1) is 77.5. The Morgan fingerprint density at radius 2 is 0.511 bits per heavy atom. The van der Waals surface area contributed by atoms with Crippen molar-refractivity contribution in [1.82, 2.24) is 48.6 Å². The molecule has 14 heteroatoms. The van der Waals surface area contributed by atoms with Crippen LogP contribution in [0.3, 0.4) is 0 Å². The van der Waals surface area contributed by atoms with Gasteiger partial charge in [-0.2, -0.15) is 9.97 Å². The Hall–Kier alpha value is -17.1. The number of hydrogen-bond acceptors (Lipinski definition) is 11. The summed E-state index contributed by atoms with van der Waals surface area (Å²) >= 11 is 7.36. The van der Waals surface area contributed by atoms with Crippen LogP contribution in [0, 0.1) is 0 Å².